The molecule has 0 aromatic heterocycles. The molecule has 2 N–H and O–H groups in total. The number of aliphatic hydroxyl groups is 1. The summed E-state index contributed by atoms with van der Waals surface area (Å²) < 4.78 is 0. The zero-order chi connectivity index (χ0) is 12.1. The number of halogens is 1. The first kappa shape index (κ1) is 13.6. The normalized spacial score (nSPS) is 22.1. The van der Waals surface area contributed by atoms with Crippen LogP contribution in [0.2, 0.25) is 0 Å². The van der Waals surface area contributed by atoms with Crippen LogP contribution in [0.4, 0.5) is 0 Å². The van der Waals surface area contributed by atoms with Crippen LogP contribution in [0.3, 0.4) is 0 Å². The van der Waals surface area contributed by atoms with Gasteiger partial charge >= 0.3 is 0 Å². The number of carbonyl (C=O) groups is 1. The van der Waals surface area contributed by atoms with Crippen molar-refractivity contribution in [1.29, 1.82) is 0 Å². The second kappa shape index (κ2) is 6.30. The maximum Gasteiger partial charge on any atom is 0.282 e. The minimum Gasteiger partial charge on any atom is -0.391 e. The first-order valence-corrected chi connectivity index (χ1v) is 6.11. The van der Waals surface area contributed by atoms with E-state index in [-0.39, 0.29) is 17.8 Å². The molecule has 1 unspecified atom stereocenters. The van der Waals surface area contributed by atoms with E-state index in [0.29, 0.717) is 9.94 Å². The summed E-state index contributed by atoms with van der Waals surface area (Å²) >= 11 is 7.26. The van der Waals surface area contributed by atoms with Crippen molar-refractivity contribution in [2.45, 2.75) is 25.2 Å². The van der Waals surface area contributed by atoms with E-state index in [9.17, 15) is 4.79 Å². The fourth-order valence-electron chi connectivity index (χ4n) is 1.01. The average molecular weight is 264 g/mol. The highest BCUT2D eigenvalue weighted by Crippen LogP contribution is 2.32. The third-order valence-electron chi connectivity index (χ3n) is 1.73. The Kier molecular flexibility index (Phi) is 5.34. The van der Waals surface area contributed by atoms with Crippen LogP contribution in [0.5, 0.6) is 0 Å². The molecule has 0 saturated carbocycles. The van der Waals surface area contributed by atoms with Gasteiger partial charge in [0.05, 0.1) is 16.0 Å². The maximum atomic E-state index is 11.6. The highest BCUT2D eigenvalue weighted by atomic mass is 35.5. The largest absolute Gasteiger partial charge is 0.391 e. The van der Waals surface area contributed by atoms with Crippen molar-refractivity contribution in [2.24, 2.45) is 0 Å². The van der Waals surface area contributed by atoms with Gasteiger partial charge in [0, 0.05) is 5.25 Å². The second-order valence-corrected chi connectivity index (χ2v) is 5.25. The molecule has 0 aliphatic carbocycles. The van der Waals surface area contributed by atoms with Crippen LogP contribution in [-0.2, 0) is 9.63 Å². The lowest BCUT2D eigenvalue weighted by atomic mass is 10.3. The third kappa shape index (κ3) is 4.17. The Morgan fingerprint density at radius 1 is 1.81 bits per heavy atom. The van der Waals surface area contributed by atoms with Crippen LogP contribution in [0.1, 0.15) is 13.8 Å². The molecule has 16 heavy (non-hydrogen) atoms. The first-order valence-electron chi connectivity index (χ1n) is 4.85. The van der Waals surface area contributed by atoms with E-state index in [2.05, 4.69) is 5.48 Å². The number of allylic oxidation sites excluding steroid dienone is 2. The van der Waals surface area contributed by atoms with Crippen molar-refractivity contribution in [3.05, 3.63) is 22.1 Å². The van der Waals surface area contributed by atoms with Gasteiger partial charge in [-0.2, -0.15) is 0 Å². The number of hydrogen-bond acceptors (Lipinski definition) is 4. The summed E-state index contributed by atoms with van der Waals surface area (Å²) in [6.45, 7) is 3.58. The Labute approximate surface area is 104 Å². The minimum atomic E-state index is -0.623. The molecule has 4 nitrogen and oxygen atoms in total. The SMILES string of the molecule is CC1C=CC(Cl)=C(C(=O)NOC[C@H](C)O)S1. The summed E-state index contributed by atoms with van der Waals surface area (Å²) in [6, 6.07) is 0. The van der Waals surface area contributed by atoms with Gasteiger partial charge < -0.3 is 5.11 Å². The highest BCUT2D eigenvalue weighted by molar-refractivity contribution is 8.04. The zero-order valence-corrected chi connectivity index (χ0v) is 10.6. The Bertz CT molecular complexity index is 328. The number of carbonyl (C=O) groups excluding carboxylic acids is 1. The smallest absolute Gasteiger partial charge is 0.282 e. The molecule has 2 atom stereocenters. The lowest BCUT2D eigenvalue weighted by molar-refractivity contribution is -0.130. The summed E-state index contributed by atoms with van der Waals surface area (Å²) in [5, 5.41) is 9.55. The van der Waals surface area contributed by atoms with Gasteiger partial charge in [-0.25, -0.2) is 5.48 Å². The third-order valence-corrected chi connectivity index (χ3v) is 3.33. The van der Waals surface area contributed by atoms with Gasteiger partial charge in [-0.1, -0.05) is 17.7 Å². The van der Waals surface area contributed by atoms with Crippen LogP contribution in [-0.4, -0.2) is 29.0 Å². The lowest BCUT2D eigenvalue weighted by Crippen LogP contribution is -2.29. The monoisotopic (exact) mass is 263 g/mol. The van der Waals surface area contributed by atoms with E-state index in [1.165, 1.54) is 11.8 Å². The number of nitrogens with one attached hydrogen (secondary N) is 1. The fraction of sp³-hybridized carbons (Fsp3) is 0.500. The van der Waals surface area contributed by atoms with E-state index in [1.807, 2.05) is 13.0 Å². The van der Waals surface area contributed by atoms with Gasteiger partial charge in [-0.3, -0.25) is 9.63 Å². The van der Waals surface area contributed by atoms with Crippen LogP contribution in [0.25, 0.3) is 0 Å². The summed E-state index contributed by atoms with van der Waals surface area (Å²) in [7, 11) is 0. The van der Waals surface area contributed by atoms with Gasteiger partial charge in [0.1, 0.15) is 6.61 Å². The summed E-state index contributed by atoms with van der Waals surface area (Å²) in [5.74, 6) is -0.383. The molecule has 1 amide bonds. The number of aliphatic hydroxyl groups excluding tert-OH is 1. The van der Waals surface area contributed by atoms with Crippen LogP contribution < -0.4 is 5.48 Å². The van der Waals surface area contributed by atoms with E-state index >= 15 is 0 Å². The molecule has 1 aliphatic heterocycles. The van der Waals surface area contributed by atoms with Gasteiger partial charge in [-0.15, -0.1) is 11.8 Å². The number of hydrogen-bond donors (Lipinski definition) is 2. The van der Waals surface area contributed by atoms with Gasteiger partial charge in [0.25, 0.3) is 5.91 Å². The van der Waals surface area contributed by atoms with Crippen molar-refractivity contribution in [3.8, 4) is 0 Å². The van der Waals surface area contributed by atoms with E-state index < -0.39 is 6.10 Å². The van der Waals surface area contributed by atoms with Crippen molar-refractivity contribution in [1.82, 2.24) is 5.48 Å². The molecule has 1 heterocycles. The Hall–Kier alpha value is -0.490. The molecule has 0 fully saturated rings. The van der Waals surface area contributed by atoms with Crippen molar-refractivity contribution >= 4 is 29.3 Å². The number of hydroxylamine groups is 1. The topological polar surface area (TPSA) is 58.6 Å². The van der Waals surface area contributed by atoms with Crippen LogP contribution in [0, 0.1) is 0 Å². The summed E-state index contributed by atoms with van der Waals surface area (Å²) in [5.41, 5.74) is 2.24. The Morgan fingerprint density at radius 3 is 3.12 bits per heavy atom. The van der Waals surface area contributed by atoms with Crippen molar-refractivity contribution in [2.75, 3.05) is 6.61 Å². The molecule has 0 radical (unpaired) electrons. The average Bonchev–Trinajstić information content (AvgIpc) is 2.21. The van der Waals surface area contributed by atoms with E-state index in [0.717, 1.165) is 0 Å². The van der Waals surface area contributed by atoms with Crippen LogP contribution >= 0.6 is 23.4 Å². The standard InChI is InChI=1S/C10H14ClNO3S/c1-6(13)5-15-12-10(14)9-8(11)4-3-7(2)16-9/h3-4,6-7,13H,5H2,1-2H3,(H,12,14)/t6-,7?/m0/s1. The zero-order valence-electron chi connectivity index (χ0n) is 9.07. The van der Waals surface area contributed by atoms with Crippen molar-refractivity contribution in [3.63, 3.8) is 0 Å². The molecular formula is C10H14ClNO3S. The van der Waals surface area contributed by atoms with E-state index in [1.54, 1.807) is 13.0 Å². The molecule has 0 aromatic rings. The molecule has 1 aliphatic rings. The van der Waals surface area contributed by atoms with Gasteiger partial charge in [-0.05, 0) is 19.9 Å². The molecule has 0 bridgehead atoms. The maximum absolute atomic E-state index is 11.6. The predicted octanol–water partition coefficient (Wildman–Crippen LogP) is 1.56. The van der Waals surface area contributed by atoms with Gasteiger partial charge in [0.15, 0.2) is 0 Å². The van der Waals surface area contributed by atoms with E-state index in [4.69, 9.17) is 21.5 Å². The molecule has 90 valence electrons. The Morgan fingerprint density at radius 2 is 2.50 bits per heavy atom. The fourth-order valence-corrected chi connectivity index (χ4v) is 2.16. The summed E-state index contributed by atoms with van der Waals surface area (Å²) in [6.07, 6.45) is 3.00. The minimum absolute atomic E-state index is 0.0483. The van der Waals surface area contributed by atoms with Crippen molar-refractivity contribution < 1.29 is 14.7 Å². The quantitative estimate of drug-likeness (QED) is 0.756. The lowest BCUT2D eigenvalue weighted by Gasteiger charge is -2.16. The number of rotatable bonds is 4. The molecule has 1 rings (SSSR count). The molecule has 0 spiro atoms. The second-order valence-electron chi connectivity index (χ2n) is 3.45. The molecule has 6 heteroatoms. The molecule has 0 aromatic carbocycles. The predicted molar refractivity (Wildman–Crippen MR) is 64.8 cm³/mol. The Balaban J connectivity index is 2.50. The van der Waals surface area contributed by atoms with Crippen LogP contribution in [0.15, 0.2) is 22.1 Å². The highest BCUT2D eigenvalue weighted by Gasteiger charge is 2.19. The molecule has 0 saturated heterocycles. The molecular weight excluding hydrogens is 250 g/mol. The van der Waals surface area contributed by atoms with Gasteiger partial charge in [0.2, 0.25) is 0 Å². The first-order chi connectivity index (χ1) is 7.50. The number of thioether (sulfide) groups is 1. The summed E-state index contributed by atoms with van der Waals surface area (Å²) in [4.78, 5) is 16.9. The number of amides is 1.